The van der Waals surface area contributed by atoms with Gasteiger partial charge in [-0.25, -0.2) is 4.98 Å². The van der Waals surface area contributed by atoms with Gasteiger partial charge in [0.15, 0.2) is 5.16 Å². The number of aromatic nitrogens is 2. The first-order chi connectivity index (χ1) is 12.5. The molecule has 1 amide bonds. The molecule has 3 aromatic rings. The quantitative estimate of drug-likeness (QED) is 0.555. The van der Waals surface area contributed by atoms with Gasteiger partial charge < -0.3 is 5.32 Å². The van der Waals surface area contributed by atoms with E-state index in [1.807, 2.05) is 62.4 Å². The average molecular weight is 367 g/mol. The Labute approximate surface area is 156 Å². The molecule has 0 aliphatic rings. The molecule has 0 aliphatic heterocycles. The highest BCUT2D eigenvalue weighted by Gasteiger charge is 2.20. The molecule has 5 nitrogen and oxygen atoms in total. The van der Waals surface area contributed by atoms with Crippen molar-refractivity contribution in [2.75, 3.05) is 0 Å². The van der Waals surface area contributed by atoms with E-state index in [-0.39, 0.29) is 22.8 Å². The lowest BCUT2D eigenvalue weighted by Gasteiger charge is -2.18. The molecule has 2 atom stereocenters. The number of rotatable bonds is 5. The third kappa shape index (κ3) is 3.80. The number of nitrogens with one attached hydrogen (secondary N) is 1. The van der Waals surface area contributed by atoms with Gasteiger partial charge in [0, 0.05) is 7.05 Å². The molecule has 0 saturated carbocycles. The Morgan fingerprint density at radius 2 is 1.73 bits per heavy atom. The van der Waals surface area contributed by atoms with E-state index in [2.05, 4.69) is 10.3 Å². The summed E-state index contributed by atoms with van der Waals surface area (Å²) in [6.45, 7) is 3.77. The van der Waals surface area contributed by atoms with Gasteiger partial charge >= 0.3 is 0 Å². The predicted molar refractivity (Wildman–Crippen MR) is 105 cm³/mol. The van der Waals surface area contributed by atoms with Crippen LogP contribution in [0.3, 0.4) is 0 Å². The lowest BCUT2D eigenvalue weighted by molar-refractivity contribution is -0.120. The Bertz CT molecular complexity index is 985. The van der Waals surface area contributed by atoms with Crippen molar-refractivity contribution in [2.24, 2.45) is 7.05 Å². The van der Waals surface area contributed by atoms with Crippen molar-refractivity contribution in [2.45, 2.75) is 30.3 Å². The summed E-state index contributed by atoms with van der Waals surface area (Å²) in [6.07, 6.45) is 0. The zero-order valence-corrected chi connectivity index (χ0v) is 15.8. The fourth-order valence-corrected chi connectivity index (χ4v) is 3.55. The average Bonchev–Trinajstić information content (AvgIpc) is 2.66. The number of benzene rings is 2. The molecule has 0 spiro atoms. The number of carbonyl (C=O) groups is 1. The Kier molecular flexibility index (Phi) is 5.42. The number of carbonyl (C=O) groups excluding carboxylic acids is 1. The highest BCUT2D eigenvalue weighted by atomic mass is 32.2. The van der Waals surface area contributed by atoms with Gasteiger partial charge in [-0.3, -0.25) is 14.2 Å². The van der Waals surface area contributed by atoms with Crippen LogP contribution in [0.1, 0.15) is 25.5 Å². The molecule has 3 rings (SSSR count). The van der Waals surface area contributed by atoms with Gasteiger partial charge in [0.1, 0.15) is 0 Å². The van der Waals surface area contributed by atoms with Crippen molar-refractivity contribution in [1.82, 2.24) is 14.9 Å². The molecule has 6 heteroatoms. The van der Waals surface area contributed by atoms with Gasteiger partial charge in [0.25, 0.3) is 5.56 Å². The van der Waals surface area contributed by atoms with Gasteiger partial charge in [-0.15, -0.1) is 0 Å². The number of hydrogen-bond acceptors (Lipinski definition) is 4. The summed E-state index contributed by atoms with van der Waals surface area (Å²) in [5.74, 6) is -0.0891. The van der Waals surface area contributed by atoms with Crippen LogP contribution in [0.5, 0.6) is 0 Å². The van der Waals surface area contributed by atoms with E-state index in [0.717, 1.165) is 5.56 Å². The first-order valence-electron chi connectivity index (χ1n) is 8.45. The summed E-state index contributed by atoms with van der Waals surface area (Å²) in [7, 11) is 1.68. The fraction of sp³-hybridized carbons (Fsp3) is 0.250. The summed E-state index contributed by atoms with van der Waals surface area (Å²) in [5.41, 5.74) is 1.58. The van der Waals surface area contributed by atoms with Crippen LogP contribution in [0.25, 0.3) is 10.9 Å². The van der Waals surface area contributed by atoms with Gasteiger partial charge in [-0.1, -0.05) is 54.2 Å². The predicted octanol–water partition coefficient (Wildman–Crippen LogP) is 3.29. The number of hydrogen-bond donors (Lipinski definition) is 1. The second-order valence-corrected chi connectivity index (χ2v) is 7.48. The fourth-order valence-electron chi connectivity index (χ4n) is 2.67. The molecule has 0 bridgehead atoms. The highest BCUT2D eigenvalue weighted by molar-refractivity contribution is 8.00. The molecule has 2 aromatic carbocycles. The minimum atomic E-state index is -0.375. The van der Waals surface area contributed by atoms with E-state index in [9.17, 15) is 9.59 Å². The maximum Gasteiger partial charge on any atom is 0.261 e. The number of nitrogens with zero attached hydrogens (tertiary/aromatic N) is 2. The minimum Gasteiger partial charge on any atom is -0.349 e. The van der Waals surface area contributed by atoms with Gasteiger partial charge in [0.05, 0.1) is 22.2 Å². The standard InChI is InChI=1S/C20H21N3O2S/c1-13(15-9-5-4-6-10-15)21-18(24)14(2)26-20-22-17-12-8-7-11-16(17)19(25)23(20)3/h4-14H,1-3H3,(H,21,24)/t13-,14-/m0/s1. The van der Waals surface area contributed by atoms with Crippen LogP contribution in [0.15, 0.2) is 64.5 Å². The zero-order chi connectivity index (χ0) is 18.7. The zero-order valence-electron chi connectivity index (χ0n) is 15.0. The number of fused-ring (bicyclic) bond motifs is 1. The van der Waals surface area contributed by atoms with Crippen molar-refractivity contribution in [3.05, 3.63) is 70.5 Å². The number of thioether (sulfide) groups is 1. The Balaban J connectivity index is 1.76. The smallest absolute Gasteiger partial charge is 0.261 e. The number of para-hydroxylation sites is 1. The van der Waals surface area contributed by atoms with Crippen LogP contribution in [0.2, 0.25) is 0 Å². The van der Waals surface area contributed by atoms with Crippen LogP contribution in [-0.2, 0) is 11.8 Å². The monoisotopic (exact) mass is 367 g/mol. The molecule has 0 unspecified atom stereocenters. The summed E-state index contributed by atoms with van der Waals surface area (Å²) in [4.78, 5) is 29.6. The summed E-state index contributed by atoms with van der Waals surface area (Å²) < 4.78 is 1.50. The number of amides is 1. The maximum absolute atomic E-state index is 12.5. The lowest BCUT2D eigenvalue weighted by atomic mass is 10.1. The third-order valence-corrected chi connectivity index (χ3v) is 5.40. The second-order valence-electron chi connectivity index (χ2n) is 6.18. The SMILES string of the molecule is C[C@H](Sc1nc2ccccc2c(=O)n1C)C(=O)N[C@@H](C)c1ccccc1. The van der Waals surface area contributed by atoms with Gasteiger partial charge in [-0.2, -0.15) is 0 Å². The first kappa shape index (κ1) is 18.2. The molecule has 26 heavy (non-hydrogen) atoms. The molecular formula is C20H21N3O2S. The van der Waals surface area contributed by atoms with Crippen molar-refractivity contribution < 1.29 is 4.79 Å². The molecule has 0 fully saturated rings. The van der Waals surface area contributed by atoms with Crippen LogP contribution >= 0.6 is 11.8 Å². The van der Waals surface area contributed by atoms with Gasteiger partial charge in [-0.05, 0) is 31.5 Å². The van der Waals surface area contributed by atoms with Crippen LogP contribution < -0.4 is 10.9 Å². The Morgan fingerprint density at radius 3 is 2.46 bits per heavy atom. The van der Waals surface area contributed by atoms with Crippen LogP contribution in [0.4, 0.5) is 0 Å². The molecule has 1 N–H and O–H groups in total. The van der Waals surface area contributed by atoms with Crippen LogP contribution in [-0.4, -0.2) is 20.7 Å². The van der Waals surface area contributed by atoms with E-state index in [0.29, 0.717) is 16.1 Å². The molecule has 0 saturated heterocycles. The topological polar surface area (TPSA) is 64.0 Å². The van der Waals surface area contributed by atoms with E-state index < -0.39 is 0 Å². The lowest BCUT2D eigenvalue weighted by Crippen LogP contribution is -2.33. The summed E-state index contributed by atoms with van der Waals surface area (Å²) in [5, 5.41) is 3.75. The maximum atomic E-state index is 12.5. The van der Waals surface area contributed by atoms with Gasteiger partial charge in [0.2, 0.25) is 5.91 Å². The molecule has 0 aliphatic carbocycles. The Hall–Kier alpha value is -2.60. The summed E-state index contributed by atoms with van der Waals surface area (Å²) in [6, 6.07) is 17.0. The van der Waals surface area contributed by atoms with E-state index in [4.69, 9.17) is 0 Å². The third-order valence-electron chi connectivity index (χ3n) is 4.25. The van der Waals surface area contributed by atoms with E-state index >= 15 is 0 Å². The van der Waals surface area contributed by atoms with E-state index in [1.165, 1.54) is 16.3 Å². The second kappa shape index (κ2) is 7.74. The first-order valence-corrected chi connectivity index (χ1v) is 9.33. The van der Waals surface area contributed by atoms with Crippen molar-refractivity contribution in [3.63, 3.8) is 0 Å². The van der Waals surface area contributed by atoms with Crippen molar-refractivity contribution in [3.8, 4) is 0 Å². The molecule has 0 radical (unpaired) electrons. The van der Waals surface area contributed by atoms with E-state index in [1.54, 1.807) is 13.1 Å². The normalized spacial score (nSPS) is 13.3. The highest BCUT2D eigenvalue weighted by Crippen LogP contribution is 2.23. The van der Waals surface area contributed by atoms with Crippen LogP contribution in [0, 0.1) is 0 Å². The van der Waals surface area contributed by atoms with Crippen molar-refractivity contribution in [1.29, 1.82) is 0 Å². The largest absolute Gasteiger partial charge is 0.349 e. The van der Waals surface area contributed by atoms with Crippen molar-refractivity contribution >= 4 is 28.6 Å². The minimum absolute atomic E-state index is 0.0832. The summed E-state index contributed by atoms with van der Waals surface area (Å²) >= 11 is 1.28. The molecular weight excluding hydrogens is 346 g/mol. The molecule has 1 aromatic heterocycles. The Morgan fingerprint density at radius 1 is 1.08 bits per heavy atom. The molecule has 134 valence electrons. The molecule has 1 heterocycles.